The van der Waals surface area contributed by atoms with E-state index in [-0.39, 0.29) is 0 Å². The van der Waals surface area contributed by atoms with Gasteiger partial charge < -0.3 is 9.47 Å². The van der Waals surface area contributed by atoms with E-state index in [1.807, 2.05) is 6.08 Å². The van der Waals surface area contributed by atoms with Crippen LogP contribution in [0.1, 0.15) is 33.6 Å². The lowest BCUT2D eigenvalue weighted by molar-refractivity contribution is -0.191. The van der Waals surface area contributed by atoms with Crippen molar-refractivity contribution in [2.75, 3.05) is 0 Å². The molecule has 0 amide bonds. The van der Waals surface area contributed by atoms with Crippen LogP contribution in [0.15, 0.2) is 25.0 Å². The number of unbranched alkanes of at least 4 members (excludes halogenated alkanes) is 1. The zero-order valence-corrected chi connectivity index (χ0v) is 9.08. The maximum absolute atomic E-state index is 10.9. The van der Waals surface area contributed by atoms with Crippen LogP contribution in [0, 0.1) is 0 Å². The van der Waals surface area contributed by atoms with Crippen LogP contribution in [-0.4, -0.2) is 11.8 Å². The normalized spacial score (nSPS) is 11.4. The van der Waals surface area contributed by atoms with E-state index in [2.05, 4.69) is 13.5 Å². The minimum absolute atomic E-state index is 0.487. The van der Waals surface area contributed by atoms with Gasteiger partial charge in [-0.1, -0.05) is 19.9 Å². The number of hydrogen-bond acceptors (Lipinski definition) is 3. The largest absolute Gasteiger partial charge is 0.461 e. The van der Waals surface area contributed by atoms with E-state index >= 15 is 0 Å². The first-order chi connectivity index (χ1) is 6.52. The summed E-state index contributed by atoms with van der Waals surface area (Å²) in [4.78, 5) is 10.9. The second-order valence-corrected chi connectivity index (χ2v) is 3.30. The van der Waals surface area contributed by atoms with E-state index in [1.165, 1.54) is 0 Å². The van der Waals surface area contributed by atoms with Crippen LogP contribution in [0.2, 0.25) is 0 Å². The van der Waals surface area contributed by atoms with Crippen molar-refractivity contribution in [3.8, 4) is 0 Å². The van der Waals surface area contributed by atoms with Crippen molar-refractivity contribution in [2.45, 2.75) is 39.4 Å². The molecule has 3 nitrogen and oxygen atoms in total. The first-order valence-electron chi connectivity index (χ1n) is 4.70. The molecule has 0 rings (SSSR count). The van der Waals surface area contributed by atoms with Crippen LogP contribution < -0.4 is 0 Å². The minimum atomic E-state index is -0.935. The van der Waals surface area contributed by atoms with E-state index in [1.54, 1.807) is 20.1 Å². The van der Waals surface area contributed by atoms with Gasteiger partial charge in [-0.25, -0.2) is 4.79 Å². The summed E-state index contributed by atoms with van der Waals surface area (Å²) in [5, 5.41) is 0. The molecule has 0 heterocycles. The third kappa shape index (κ3) is 6.29. The highest BCUT2D eigenvalue weighted by Crippen LogP contribution is 2.12. The second kappa shape index (κ2) is 6.24. The van der Waals surface area contributed by atoms with Gasteiger partial charge in [0.2, 0.25) is 5.79 Å². The summed E-state index contributed by atoms with van der Waals surface area (Å²) >= 11 is 0. The van der Waals surface area contributed by atoms with Gasteiger partial charge in [-0.15, -0.1) is 0 Å². The monoisotopic (exact) mass is 198 g/mol. The Balaban J connectivity index is 3.94. The molecule has 0 fully saturated rings. The van der Waals surface area contributed by atoms with E-state index in [4.69, 9.17) is 9.47 Å². The molecule has 0 aliphatic rings. The van der Waals surface area contributed by atoms with Crippen LogP contribution in [0.4, 0.5) is 0 Å². The molecule has 0 N–H and O–H groups in total. The van der Waals surface area contributed by atoms with E-state index in [0.717, 1.165) is 18.9 Å². The van der Waals surface area contributed by atoms with Crippen LogP contribution in [0.25, 0.3) is 0 Å². The Morgan fingerprint density at radius 1 is 1.50 bits per heavy atom. The highest BCUT2D eigenvalue weighted by molar-refractivity contribution is 5.81. The van der Waals surface area contributed by atoms with Gasteiger partial charge in [0.15, 0.2) is 0 Å². The van der Waals surface area contributed by atoms with Crippen LogP contribution in [0.5, 0.6) is 0 Å². The Hall–Kier alpha value is -1.25. The van der Waals surface area contributed by atoms with Crippen molar-refractivity contribution in [3.63, 3.8) is 0 Å². The number of carbonyl (C=O) groups excluding carboxylic acids is 1. The van der Waals surface area contributed by atoms with Crippen molar-refractivity contribution in [1.29, 1.82) is 0 Å². The Kier molecular flexibility index (Phi) is 5.68. The van der Waals surface area contributed by atoms with Gasteiger partial charge in [-0.2, -0.15) is 0 Å². The second-order valence-electron chi connectivity index (χ2n) is 3.30. The van der Waals surface area contributed by atoms with Crippen LogP contribution >= 0.6 is 0 Å². The quantitative estimate of drug-likeness (QED) is 0.285. The molecule has 0 unspecified atom stereocenters. The SMILES string of the molecule is C=CC(=O)OC(C)(C)O/C=C/CCC. The van der Waals surface area contributed by atoms with E-state index < -0.39 is 11.8 Å². The van der Waals surface area contributed by atoms with Crippen LogP contribution in [-0.2, 0) is 14.3 Å². The number of ether oxygens (including phenoxy) is 2. The molecule has 0 atom stereocenters. The summed E-state index contributed by atoms with van der Waals surface area (Å²) < 4.78 is 10.2. The number of carbonyl (C=O) groups is 1. The fourth-order valence-electron chi connectivity index (χ4n) is 0.755. The summed E-state index contributed by atoms with van der Waals surface area (Å²) in [6, 6.07) is 0. The molecule has 0 aliphatic heterocycles. The van der Waals surface area contributed by atoms with Crippen molar-refractivity contribution in [3.05, 3.63) is 25.0 Å². The fourth-order valence-corrected chi connectivity index (χ4v) is 0.755. The van der Waals surface area contributed by atoms with Crippen molar-refractivity contribution < 1.29 is 14.3 Å². The molecule has 80 valence electrons. The highest BCUT2D eigenvalue weighted by Gasteiger charge is 2.21. The predicted molar refractivity (Wildman–Crippen MR) is 55.5 cm³/mol. The zero-order chi connectivity index (χ0) is 11.0. The number of allylic oxidation sites excluding steroid dienone is 1. The molecule has 0 saturated carbocycles. The maximum Gasteiger partial charge on any atom is 0.333 e. The molecule has 0 aromatic rings. The molecule has 0 aromatic heterocycles. The number of esters is 1. The van der Waals surface area contributed by atoms with Gasteiger partial charge in [-0.05, 0) is 12.5 Å². The lowest BCUT2D eigenvalue weighted by Gasteiger charge is -2.23. The number of hydrogen-bond donors (Lipinski definition) is 0. The van der Waals surface area contributed by atoms with Gasteiger partial charge in [0.05, 0.1) is 6.26 Å². The maximum atomic E-state index is 10.9. The van der Waals surface area contributed by atoms with E-state index in [0.29, 0.717) is 0 Å². The summed E-state index contributed by atoms with van der Waals surface area (Å²) in [5.74, 6) is -1.42. The van der Waals surface area contributed by atoms with E-state index in [9.17, 15) is 4.79 Å². The third-order valence-electron chi connectivity index (χ3n) is 1.42. The smallest absolute Gasteiger partial charge is 0.333 e. The van der Waals surface area contributed by atoms with Gasteiger partial charge in [0, 0.05) is 19.9 Å². The van der Waals surface area contributed by atoms with Crippen molar-refractivity contribution >= 4 is 5.97 Å². The molecule has 0 radical (unpaired) electrons. The molecule has 3 heteroatoms. The summed E-state index contributed by atoms with van der Waals surface area (Å²) in [5.41, 5.74) is 0. The highest BCUT2D eigenvalue weighted by atomic mass is 16.7. The molecule has 14 heavy (non-hydrogen) atoms. The lowest BCUT2D eigenvalue weighted by Crippen LogP contribution is -2.28. The Morgan fingerprint density at radius 2 is 2.14 bits per heavy atom. The Bertz CT molecular complexity index is 217. The minimum Gasteiger partial charge on any atom is -0.461 e. The van der Waals surface area contributed by atoms with Crippen molar-refractivity contribution in [1.82, 2.24) is 0 Å². The summed E-state index contributed by atoms with van der Waals surface area (Å²) in [6.45, 7) is 8.73. The van der Waals surface area contributed by atoms with Gasteiger partial charge in [0.25, 0.3) is 0 Å². The molecule has 0 saturated heterocycles. The molecule has 0 bridgehead atoms. The number of rotatable bonds is 6. The van der Waals surface area contributed by atoms with Crippen molar-refractivity contribution in [2.24, 2.45) is 0 Å². The fraction of sp³-hybridized carbons (Fsp3) is 0.545. The first kappa shape index (κ1) is 12.8. The summed E-state index contributed by atoms with van der Waals surface area (Å²) in [6.07, 6.45) is 6.57. The Morgan fingerprint density at radius 3 is 2.64 bits per heavy atom. The molecule has 0 spiro atoms. The topological polar surface area (TPSA) is 35.5 Å². The van der Waals surface area contributed by atoms with Gasteiger partial charge in [-0.3, -0.25) is 0 Å². The predicted octanol–water partition coefficient (Wildman–Crippen LogP) is 2.78. The summed E-state index contributed by atoms with van der Waals surface area (Å²) in [7, 11) is 0. The zero-order valence-electron chi connectivity index (χ0n) is 9.08. The first-order valence-corrected chi connectivity index (χ1v) is 4.70. The molecular weight excluding hydrogens is 180 g/mol. The Labute approximate surface area is 85.4 Å². The average molecular weight is 198 g/mol. The average Bonchev–Trinajstić information content (AvgIpc) is 2.12. The van der Waals surface area contributed by atoms with Gasteiger partial charge >= 0.3 is 5.97 Å². The standard InChI is InChI=1S/C11H18O3/c1-5-7-8-9-13-11(3,4)14-10(12)6-2/h6,8-9H,2,5,7H2,1,3-4H3/b9-8+. The van der Waals surface area contributed by atoms with Gasteiger partial charge in [0.1, 0.15) is 0 Å². The molecule has 0 aliphatic carbocycles. The molecular formula is C11H18O3. The molecule has 0 aromatic carbocycles. The third-order valence-corrected chi connectivity index (χ3v) is 1.42. The lowest BCUT2D eigenvalue weighted by atomic mass is 10.3. The van der Waals surface area contributed by atoms with Crippen LogP contribution in [0.3, 0.4) is 0 Å².